The molecule has 1 unspecified atom stereocenters. The maximum atomic E-state index is 13.2. The standard InChI is InChI=1S/C24H25FO4S2/c1-13-3-4-15(23-21(27)20(26)22(28)24(29-23)30-2)11-16(13)12-18-9-10-19(31-18)14-5-7-17(25)8-6-14/h3-11,20-24,26-28H,12H2,1-2H3/t20-,21-,22+,23?,24-/m1/s1. The van der Waals surface area contributed by atoms with Crippen molar-refractivity contribution in [3.05, 3.63) is 82.0 Å². The Kier molecular flexibility index (Phi) is 6.81. The van der Waals surface area contributed by atoms with E-state index in [1.165, 1.54) is 28.8 Å². The normalized spacial score (nSPS) is 26.2. The highest BCUT2D eigenvalue weighted by molar-refractivity contribution is 7.99. The molecule has 4 nitrogen and oxygen atoms in total. The molecule has 0 bridgehead atoms. The predicted octanol–water partition coefficient (Wildman–Crippen LogP) is 4.30. The SMILES string of the molecule is CS[C@H]1OC(c2ccc(C)c(Cc3ccc(-c4ccc(F)cc4)s3)c2)[C@H](O)[C@@H](O)[C@@H]1O. The zero-order valence-electron chi connectivity index (χ0n) is 17.2. The molecule has 1 aromatic heterocycles. The summed E-state index contributed by atoms with van der Waals surface area (Å²) in [4.78, 5) is 2.25. The van der Waals surface area contributed by atoms with Gasteiger partial charge in [0.25, 0.3) is 0 Å². The average molecular weight is 461 g/mol. The van der Waals surface area contributed by atoms with Crippen molar-refractivity contribution in [3.8, 4) is 10.4 Å². The molecular formula is C24H25FO4S2. The van der Waals surface area contributed by atoms with E-state index in [1.807, 2.05) is 31.2 Å². The number of hydrogen-bond donors (Lipinski definition) is 3. The lowest BCUT2D eigenvalue weighted by atomic mass is 9.92. The summed E-state index contributed by atoms with van der Waals surface area (Å²) in [6, 6.07) is 16.5. The van der Waals surface area contributed by atoms with Crippen molar-refractivity contribution in [2.45, 2.75) is 43.2 Å². The number of rotatable bonds is 5. The zero-order chi connectivity index (χ0) is 22.1. The summed E-state index contributed by atoms with van der Waals surface area (Å²) in [6.07, 6.45) is -1.82. The van der Waals surface area contributed by atoms with Crippen molar-refractivity contribution in [3.63, 3.8) is 0 Å². The third-order valence-electron chi connectivity index (χ3n) is 5.66. The van der Waals surface area contributed by atoms with E-state index in [2.05, 4.69) is 6.07 Å². The molecule has 0 spiro atoms. The molecule has 1 aliphatic heterocycles. The first-order chi connectivity index (χ1) is 14.9. The van der Waals surface area contributed by atoms with Gasteiger partial charge < -0.3 is 20.1 Å². The summed E-state index contributed by atoms with van der Waals surface area (Å²) in [7, 11) is 0. The minimum atomic E-state index is -1.27. The fourth-order valence-electron chi connectivity index (χ4n) is 3.81. The summed E-state index contributed by atoms with van der Waals surface area (Å²) in [5.74, 6) is -0.249. The van der Waals surface area contributed by atoms with Gasteiger partial charge in [-0.15, -0.1) is 23.1 Å². The maximum absolute atomic E-state index is 13.2. The Balaban J connectivity index is 1.57. The number of aliphatic hydroxyl groups is 3. The van der Waals surface area contributed by atoms with Gasteiger partial charge in [-0.05, 0) is 59.7 Å². The molecule has 1 saturated heterocycles. The Morgan fingerprint density at radius 2 is 1.71 bits per heavy atom. The Morgan fingerprint density at radius 1 is 0.968 bits per heavy atom. The van der Waals surface area contributed by atoms with Crippen molar-refractivity contribution in [1.29, 1.82) is 0 Å². The van der Waals surface area contributed by atoms with Gasteiger partial charge >= 0.3 is 0 Å². The van der Waals surface area contributed by atoms with Crippen LogP contribution < -0.4 is 0 Å². The fourth-order valence-corrected chi connectivity index (χ4v) is 5.51. The van der Waals surface area contributed by atoms with E-state index in [4.69, 9.17) is 4.74 Å². The summed E-state index contributed by atoms with van der Waals surface area (Å²) in [5.41, 5.74) is 3.37. The Labute approximate surface area is 189 Å². The molecule has 0 saturated carbocycles. The van der Waals surface area contributed by atoms with Crippen molar-refractivity contribution >= 4 is 23.1 Å². The van der Waals surface area contributed by atoms with Crippen molar-refractivity contribution in [2.75, 3.05) is 6.26 Å². The molecule has 7 heteroatoms. The molecule has 5 atom stereocenters. The minimum Gasteiger partial charge on any atom is -0.387 e. The number of aryl methyl sites for hydroxylation is 1. The third-order valence-corrected chi connectivity index (χ3v) is 7.65. The Bertz CT molecular complexity index is 1030. The smallest absolute Gasteiger partial charge is 0.132 e. The van der Waals surface area contributed by atoms with Crippen LogP contribution in [0.15, 0.2) is 54.6 Å². The minimum absolute atomic E-state index is 0.249. The highest BCUT2D eigenvalue weighted by atomic mass is 32.2. The third kappa shape index (κ3) is 4.72. The van der Waals surface area contributed by atoms with E-state index in [9.17, 15) is 19.7 Å². The van der Waals surface area contributed by atoms with Gasteiger partial charge in [0, 0.05) is 16.2 Å². The molecule has 1 aliphatic rings. The fraction of sp³-hybridized carbons (Fsp3) is 0.333. The van der Waals surface area contributed by atoms with Gasteiger partial charge in [0.05, 0.1) is 0 Å². The zero-order valence-corrected chi connectivity index (χ0v) is 18.9. The van der Waals surface area contributed by atoms with Crippen LogP contribution in [0.3, 0.4) is 0 Å². The van der Waals surface area contributed by atoms with Gasteiger partial charge in [0.1, 0.15) is 35.7 Å². The average Bonchev–Trinajstić information content (AvgIpc) is 3.23. The number of thiophene rings is 1. The van der Waals surface area contributed by atoms with Crippen LogP contribution in [0.1, 0.15) is 27.7 Å². The van der Waals surface area contributed by atoms with Crippen molar-refractivity contribution in [1.82, 2.24) is 0 Å². The van der Waals surface area contributed by atoms with Gasteiger partial charge in [-0.25, -0.2) is 4.39 Å². The van der Waals surface area contributed by atoms with Gasteiger partial charge in [0.15, 0.2) is 0 Å². The van der Waals surface area contributed by atoms with Crippen LogP contribution in [0.25, 0.3) is 10.4 Å². The van der Waals surface area contributed by atoms with Gasteiger partial charge in [-0.3, -0.25) is 0 Å². The Morgan fingerprint density at radius 3 is 2.42 bits per heavy atom. The van der Waals surface area contributed by atoms with Crippen LogP contribution in [0, 0.1) is 12.7 Å². The predicted molar refractivity (Wildman–Crippen MR) is 123 cm³/mol. The van der Waals surface area contributed by atoms with Crippen LogP contribution in [0.2, 0.25) is 0 Å². The lowest BCUT2D eigenvalue weighted by molar-refractivity contribution is -0.200. The highest BCUT2D eigenvalue weighted by Crippen LogP contribution is 2.37. The second-order valence-corrected chi connectivity index (χ2v) is 9.87. The maximum Gasteiger partial charge on any atom is 0.132 e. The van der Waals surface area contributed by atoms with Crippen LogP contribution in [-0.4, -0.2) is 45.3 Å². The first-order valence-electron chi connectivity index (χ1n) is 10.0. The van der Waals surface area contributed by atoms with E-state index in [0.717, 1.165) is 27.1 Å². The van der Waals surface area contributed by atoms with Crippen molar-refractivity contribution in [2.24, 2.45) is 0 Å². The summed E-state index contributed by atoms with van der Waals surface area (Å²) < 4.78 is 19.1. The molecule has 31 heavy (non-hydrogen) atoms. The highest BCUT2D eigenvalue weighted by Gasteiger charge is 2.44. The molecule has 1 fully saturated rings. The van der Waals surface area contributed by atoms with E-state index in [0.29, 0.717) is 6.42 Å². The summed E-state index contributed by atoms with van der Waals surface area (Å²) in [6.45, 7) is 2.04. The summed E-state index contributed by atoms with van der Waals surface area (Å²) >= 11 is 2.97. The van der Waals surface area contributed by atoms with Crippen LogP contribution >= 0.6 is 23.1 Å². The number of halogens is 1. The number of ether oxygens (including phenoxy) is 1. The largest absolute Gasteiger partial charge is 0.387 e. The van der Waals surface area contributed by atoms with E-state index < -0.39 is 29.9 Å². The molecule has 2 heterocycles. The second-order valence-electron chi connectivity index (χ2n) is 7.77. The lowest BCUT2D eigenvalue weighted by Gasteiger charge is -2.40. The van der Waals surface area contributed by atoms with E-state index >= 15 is 0 Å². The number of benzene rings is 2. The van der Waals surface area contributed by atoms with Crippen LogP contribution in [-0.2, 0) is 11.2 Å². The van der Waals surface area contributed by atoms with Crippen molar-refractivity contribution < 1.29 is 24.4 Å². The molecule has 4 rings (SSSR count). The van der Waals surface area contributed by atoms with Gasteiger partial charge in [0.2, 0.25) is 0 Å². The van der Waals surface area contributed by atoms with Crippen LogP contribution in [0.4, 0.5) is 4.39 Å². The Hall–Kier alpha value is -1.74. The molecule has 0 radical (unpaired) electrons. The lowest BCUT2D eigenvalue weighted by Crippen LogP contribution is -2.52. The molecule has 3 N–H and O–H groups in total. The summed E-state index contributed by atoms with van der Waals surface area (Å²) in [5, 5.41) is 30.9. The molecular weight excluding hydrogens is 435 g/mol. The molecule has 0 aliphatic carbocycles. The number of aliphatic hydroxyl groups excluding tert-OH is 3. The monoisotopic (exact) mass is 460 g/mol. The topological polar surface area (TPSA) is 69.9 Å². The molecule has 3 aromatic rings. The molecule has 2 aromatic carbocycles. The number of hydrogen-bond acceptors (Lipinski definition) is 6. The number of thioether (sulfide) groups is 1. The first-order valence-corrected chi connectivity index (χ1v) is 12.1. The molecule has 164 valence electrons. The molecule has 0 amide bonds. The van der Waals surface area contributed by atoms with Gasteiger partial charge in [-0.1, -0.05) is 30.3 Å². The second kappa shape index (κ2) is 9.40. The van der Waals surface area contributed by atoms with E-state index in [-0.39, 0.29) is 5.82 Å². The van der Waals surface area contributed by atoms with E-state index in [1.54, 1.807) is 29.7 Å². The quantitative estimate of drug-likeness (QED) is 0.530. The van der Waals surface area contributed by atoms with Crippen LogP contribution in [0.5, 0.6) is 0 Å². The van der Waals surface area contributed by atoms with Gasteiger partial charge in [-0.2, -0.15) is 0 Å². The first kappa shape index (κ1) is 22.5.